The predicted octanol–water partition coefficient (Wildman–Crippen LogP) is 9.58. The van der Waals surface area contributed by atoms with Crippen molar-refractivity contribution in [3.05, 3.63) is 35.4 Å². The van der Waals surface area contributed by atoms with Crippen molar-refractivity contribution in [2.45, 2.75) is 171 Å². The molecule has 3 aliphatic carbocycles. The second-order valence-electron chi connectivity index (χ2n) is 15.4. The normalized spacial score (nSPS) is 27.7. The van der Waals surface area contributed by atoms with Gasteiger partial charge in [0.2, 0.25) is 0 Å². The summed E-state index contributed by atoms with van der Waals surface area (Å²) >= 11 is 0. The molecule has 4 unspecified atom stereocenters. The van der Waals surface area contributed by atoms with Gasteiger partial charge in [-0.05, 0) is 74.6 Å². The van der Waals surface area contributed by atoms with E-state index in [0.717, 1.165) is 62.2 Å². The molecule has 0 aromatic heterocycles. The van der Waals surface area contributed by atoms with E-state index in [4.69, 9.17) is 14.2 Å². The van der Waals surface area contributed by atoms with E-state index in [1.807, 2.05) is 6.07 Å². The van der Waals surface area contributed by atoms with Crippen LogP contribution in [0.1, 0.15) is 153 Å². The zero-order chi connectivity index (χ0) is 32.0. The molecule has 2 aliphatic heterocycles. The molecule has 4 atom stereocenters. The number of hydrogen-bond donors (Lipinski definition) is 1. The molecule has 3 fully saturated rings. The molecule has 0 radical (unpaired) electrons. The van der Waals surface area contributed by atoms with Crippen LogP contribution < -0.4 is 9.47 Å². The summed E-state index contributed by atoms with van der Waals surface area (Å²) in [6.45, 7) is 9.10. The Labute approximate surface area is 278 Å². The Morgan fingerprint density at radius 3 is 2.20 bits per heavy atom. The third-order valence-electron chi connectivity index (χ3n) is 12.1. The summed E-state index contributed by atoms with van der Waals surface area (Å²) in [4.78, 5) is 15.3. The second-order valence-corrected chi connectivity index (χ2v) is 15.4. The fraction of sp³-hybridized carbons (Fsp3) is 0.775. The van der Waals surface area contributed by atoms with Gasteiger partial charge in [-0.15, -0.1) is 0 Å². The molecule has 2 bridgehead atoms. The van der Waals surface area contributed by atoms with E-state index >= 15 is 0 Å². The molecular formula is C40H61NO5. The predicted molar refractivity (Wildman–Crippen MR) is 184 cm³/mol. The first-order valence-corrected chi connectivity index (χ1v) is 19.3. The van der Waals surface area contributed by atoms with Crippen LogP contribution in [0.5, 0.6) is 11.5 Å². The summed E-state index contributed by atoms with van der Waals surface area (Å²) in [5.74, 6) is 1.82. The summed E-state index contributed by atoms with van der Waals surface area (Å²) in [6.07, 6.45) is 25.8. The van der Waals surface area contributed by atoms with E-state index in [9.17, 15) is 9.90 Å². The van der Waals surface area contributed by atoms with Crippen molar-refractivity contribution in [1.29, 1.82) is 0 Å². The molecule has 256 valence electrons. The van der Waals surface area contributed by atoms with E-state index in [2.05, 4.69) is 24.5 Å². The number of nitrogens with zero attached hydrogens (tertiary/aromatic N) is 1. The van der Waals surface area contributed by atoms with Gasteiger partial charge in [-0.3, -0.25) is 4.90 Å². The highest BCUT2D eigenvalue weighted by Gasteiger charge is 2.72. The first-order chi connectivity index (χ1) is 22.5. The minimum Gasteiger partial charge on any atom is -0.481 e. The van der Waals surface area contributed by atoms with Crippen molar-refractivity contribution in [3.8, 4) is 11.5 Å². The van der Waals surface area contributed by atoms with Crippen molar-refractivity contribution in [1.82, 2.24) is 4.90 Å². The van der Waals surface area contributed by atoms with Crippen molar-refractivity contribution >= 4 is 6.16 Å². The van der Waals surface area contributed by atoms with Gasteiger partial charge in [0.05, 0.1) is 17.6 Å². The van der Waals surface area contributed by atoms with Crippen LogP contribution in [0.25, 0.3) is 0 Å². The standard InChI is InChI=1S/C40H61NO5/c1-3-4-5-6-7-8-9-10-11-12-13-14-15-16-17-18-27-44-38(42)45-33-22-21-32-28-34-40(43)24-23-30(2)37-39(40,35(32)36(33)46-37)25-26-41(34)29-31-19-20-31/h21-22,31,34,37,43H,2-20,23-29H2,1H3. The Bertz CT molecular complexity index is 1190. The molecule has 6 rings (SSSR count). The molecule has 0 amide bonds. The van der Waals surface area contributed by atoms with E-state index in [-0.39, 0.29) is 12.1 Å². The van der Waals surface area contributed by atoms with Gasteiger partial charge in [-0.2, -0.15) is 0 Å². The third kappa shape index (κ3) is 7.04. The Kier molecular flexibility index (Phi) is 11.4. The van der Waals surface area contributed by atoms with Crippen molar-refractivity contribution in [2.24, 2.45) is 5.92 Å². The highest BCUT2D eigenvalue weighted by Crippen LogP contribution is 2.66. The van der Waals surface area contributed by atoms with E-state index in [1.165, 1.54) is 108 Å². The lowest BCUT2D eigenvalue weighted by Crippen LogP contribution is -2.75. The molecule has 6 nitrogen and oxygen atoms in total. The average molecular weight is 636 g/mol. The fourth-order valence-corrected chi connectivity index (χ4v) is 9.39. The lowest BCUT2D eigenvalue weighted by atomic mass is 9.48. The smallest absolute Gasteiger partial charge is 0.481 e. The molecule has 1 aromatic rings. The number of aliphatic hydroxyl groups is 1. The zero-order valence-electron chi connectivity index (χ0n) is 28.8. The quantitative estimate of drug-likeness (QED) is 0.0666. The fourth-order valence-electron chi connectivity index (χ4n) is 9.39. The molecule has 2 heterocycles. The largest absolute Gasteiger partial charge is 0.513 e. The van der Waals surface area contributed by atoms with Crippen LogP contribution in [-0.4, -0.2) is 53.6 Å². The first kappa shape index (κ1) is 33.8. The minimum absolute atomic E-state index is 0.0935. The average Bonchev–Trinajstić information content (AvgIpc) is 3.79. The summed E-state index contributed by atoms with van der Waals surface area (Å²) in [5.41, 5.74) is 1.94. The zero-order valence-corrected chi connectivity index (χ0v) is 28.8. The highest BCUT2D eigenvalue weighted by molar-refractivity contribution is 5.70. The van der Waals surface area contributed by atoms with E-state index < -0.39 is 17.2 Å². The number of rotatable bonds is 20. The summed E-state index contributed by atoms with van der Waals surface area (Å²) in [7, 11) is 0. The Morgan fingerprint density at radius 1 is 0.935 bits per heavy atom. The van der Waals surface area contributed by atoms with Crippen LogP contribution in [-0.2, 0) is 16.6 Å². The van der Waals surface area contributed by atoms with Crippen molar-refractivity contribution < 1.29 is 24.1 Å². The van der Waals surface area contributed by atoms with Gasteiger partial charge in [-0.1, -0.05) is 116 Å². The Hall–Kier alpha value is -2.05. The Balaban J connectivity index is 0.912. The SMILES string of the molecule is C=C1CCC2(O)C3Cc4ccc(OC(=O)OCCCCCCCCCCCCCCCCCC)c5c4C2(CCN3CC2CC2)C1O5. The minimum atomic E-state index is -0.864. The van der Waals surface area contributed by atoms with Gasteiger partial charge in [0.1, 0.15) is 6.10 Å². The molecule has 46 heavy (non-hydrogen) atoms. The van der Waals surface area contributed by atoms with Crippen LogP contribution in [0.2, 0.25) is 0 Å². The van der Waals surface area contributed by atoms with Crippen LogP contribution in [0.3, 0.4) is 0 Å². The number of carbonyl (C=O) groups is 1. The lowest BCUT2D eigenvalue weighted by Gasteiger charge is -2.63. The topological polar surface area (TPSA) is 68.2 Å². The lowest BCUT2D eigenvalue weighted by molar-refractivity contribution is -0.174. The van der Waals surface area contributed by atoms with Gasteiger partial charge in [0.25, 0.3) is 0 Å². The summed E-state index contributed by atoms with van der Waals surface area (Å²) in [5, 5.41) is 12.5. The second kappa shape index (κ2) is 15.4. The molecule has 1 saturated heterocycles. The van der Waals surface area contributed by atoms with Gasteiger partial charge >= 0.3 is 6.16 Å². The number of hydrogen-bond acceptors (Lipinski definition) is 6. The number of unbranched alkanes of at least 4 members (excludes halogenated alkanes) is 15. The van der Waals surface area contributed by atoms with Gasteiger partial charge in [0.15, 0.2) is 11.5 Å². The Morgan fingerprint density at radius 2 is 1.57 bits per heavy atom. The molecule has 5 aliphatic rings. The highest BCUT2D eigenvalue weighted by atomic mass is 16.7. The van der Waals surface area contributed by atoms with Gasteiger partial charge in [0, 0.05) is 18.2 Å². The first-order valence-electron chi connectivity index (χ1n) is 19.3. The number of piperidine rings is 1. The van der Waals surface area contributed by atoms with Crippen molar-refractivity contribution in [3.63, 3.8) is 0 Å². The van der Waals surface area contributed by atoms with E-state index in [1.54, 1.807) is 0 Å². The van der Waals surface area contributed by atoms with Crippen LogP contribution in [0, 0.1) is 5.92 Å². The van der Waals surface area contributed by atoms with Crippen LogP contribution in [0.15, 0.2) is 24.3 Å². The maximum absolute atomic E-state index is 12.8. The maximum atomic E-state index is 12.8. The summed E-state index contributed by atoms with van der Waals surface area (Å²) < 4.78 is 17.9. The van der Waals surface area contributed by atoms with Gasteiger partial charge in [-0.25, -0.2) is 4.79 Å². The number of ether oxygens (including phenoxy) is 3. The maximum Gasteiger partial charge on any atom is 0.513 e. The molecular weight excluding hydrogens is 574 g/mol. The molecule has 6 heteroatoms. The van der Waals surface area contributed by atoms with Gasteiger partial charge < -0.3 is 19.3 Å². The molecule has 2 saturated carbocycles. The third-order valence-corrected chi connectivity index (χ3v) is 12.1. The number of benzene rings is 1. The van der Waals surface area contributed by atoms with Crippen LogP contribution in [0.4, 0.5) is 4.79 Å². The molecule has 1 N–H and O–H groups in total. The number of likely N-dealkylation sites (tertiary alicyclic amines) is 1. The van der Waals surface area contributed by atoms with E-state index in [0.29, 0.717) is 24.5 Å². The molecule has 1 aromatic carbocycles. The monoisotopic (exact) mass is 635 g/mol. The van der Waals surface area contributed by atoms with Crippen molar-refractivity contribution in [2.75, 3.05) is 19.7 Å². The van der Waals surface area contributed by atoms with Crippen LogP contribution >= 0.6 is 0 Å². The summed E-state index contributed by atoms with van der Waals surface area (Å²) in [6, 6.07) is 4.05. The number of carbonyl (C=O) groups excluding carboxylic acids is 1. The molecule has 1 spiro atoms.